The van der Waals surface area contributed by atoms with Gasteiger partial charge in [-0.1, -0.05) is 52.9 Å². The van der Waals surface area contributed by atoms with Crippen molar-refractivity contribution in [3.05, 3.63) is 0 Å². The lowest BCUT2D eigenvalue weighted by Gasteiger charge is -2.38. The summed E-state index contributed by atoms with van der Waals surface area (Å²) >= 11 is 0. The molecule has 108 valence electrons. The average molecular weight is 255 g/mol. The van der Waals surface area contributed by atoms with Gasteiger partial charge in [-0.3, -0.25) is 0 Å². The number of hydrogen-bond donors (Lipinski definition) is 1. The zero-order chi connectivity index (χ0) is 13.3. The molecule has 2 heteroatoms. The molecule has 0 aromatic carbocycles. The van der Waals surface area contributed by atoms with Crippen LogP contribution in [-0.2, 0) is 4.74 Å². The molecule has 1 N–H and O–H groups in total. The van der Waals surface area contributed by atoms with Crippen LogP contribution in [0.4, 0.5) is 0 Å². The lowest BCUT2D eigenvalue weighted by molar-refractivity contribution is 0.00826. The first-order valence-corrected chi connectivity index (χ1v) is 8.00. The molecule has 0 atom stereocenters. The van der Waals surface area contributed by atoms with Crippen molar-refractivity contribution in [2.45, 2.75) is 78.2 Å². The van der Waals surface area contributed by atoms with Crippen LogP contribution in [-0.4, -0.2) is 25.8 Å². The Labute approximate surface area is 114 Å². The second kappa shape index (κ2) is 8.92. The summed E-state index contributed by atoms with van der Waals surface area (Å²) < 4.78 is 5.55. The highest BCUT2D eigenvalue weighted by Crippen LogP contribution is 2.35. The summed E-state index contributed by atoms with van der Waals surface area (Å²) in [4.78, 5) is 0. The molecule has 0 radical (unpaired) electrons. The lowest BCUT2D eigenvalue weighted by atomic mass is 9.75. The van der Waals surface area contributed by atoms with Crippen LogP contribution in [0.3, 0.4) is 0 Å². The van der Waals surface area contributed by atoms with Crippen molar-refractivity contribution in [2.75, 3.05) is 19.8 Å². The van der Waals surface area contributed by atoms with Crippen molar-refractivity contribution < 1.29 is 4.74 Å². The van der Waals surface area contributed by atoms with Crippen molar-refractivity contribution in [3.8, 4) is 0 Å². The molecule has 0 unspecified atom stereocenters. The van der Waals surface area contributed by atoms with E-state index >= 15 is 0 Å². The standard InChI is InChI=1S/C16H33NO/c1-4-5-6-7-8-9-16(14-17-15(2)3)10-12-18-13-11-16/h15,17H,4-14H2,1-3H3. The Morgan fingerprint density at radius 2 is 1.72 bits per heavy atom. The predicted octanol–water partition coefficient (Wildman–Crippen LogP) is 4.14. The van der Waals surface area contributed by atoms with Gasteiger partial charge in [-0.15, -0.1) is 0 Å². The van der Waals surface area contributed by atoms with Gasteiger partial charge in [0.15, 0.2) is 0 Å². The molecule has 0 aromatic heterocycles. The second-order valence-electron chi connectivity index (χ2n) is 6.31. The minimum Gasteiger partial charge on any atom is -0.381 e. The summed E-state index contributed by atoms with van der Waals surface area (Å²) in [5, 5.41) is 3.65. The van der Waals surface area contributed by atoms with Gasteiger partial charge >= 0.3 is 0 Å². The highest BCUT2D eigenvalue weighted by molar-refractivity contribution is 4.84. The Kier molecular flexibility index (Phi) is 7.92. The van der Waals surface area contributed by atoms with E-state index in [1.165, 1.54) is 57.9 Å². The summed E-state index contributed by atoms with van der Waals surface area (Å²) in [6.45, 7) is 9.89. The first kappa shape index (κ1) is 16.0. The molecular formula is C16H33NO. The summed E-state index contributed by atoms with van der Waals surface area (Å²) in [5.74, 6) is 0. The minimum atomic E-state index is 0.523. The molecule has 1 rings (SSSR count). The van der Waals surface area contributed by atoms with E-state index in [2.05, 4.69) is 26.1 Å². The van der Waals surface area contributed by atoms with Crippen LogP contribution in [0.2, 0.25) is 0 Å². The normalized spacial score (nSPS) is 19.3. The van der Waals surface area contributed by atoms with E-state index in [-0.39, 0.29) is 0 Å². The lowest BCUT2D eigenvalue weighted by Crippen LogP contribution is -2.41. The molecule has 0 aliphatic carbocycles. The van der Waals surface area contributed by atoms with E-state index < -0.39 is 0 Å². The second-order valence-corrected chi connectivity index (χ2v) is 6.31. The summed E-state index contributed by atoms with van der Waals surface area (Å²) in [6, 6.07) is 0.602. The monoisotopic (exact) mass is 255 g/mol. The molecule has 0 amide bonds. The van der Waals surface area contributed by atoms with Crippen molar-refractivity contribution in [2.24, 2.45) is 5.41 Å². The van der Waals surface area contributed by atoms with Gasteiger partial charge in [-0.2, -0.15) is 0 Å². The molecule has 2 nitrogen and oxygen atoms in total. The molecule has 0 bridgehead atoms. The van der Waals surface area contributed by atoms with E-state index in [4.69, 9.17) is 4.74 Å². The maximum absolute atomic E-state index is 5.55. The van der Waals surface area contributed by atoms with Crippen LogP contribution >= 0.6 is 0 Å². The van der Waals surface area contributed by atoms with Crippen LogP contribution in [0, 0.1) is 5.41 Å². The molecule has 1 fully saturated rings. The quantitative estimate of drug-likeness (QED) is 0.625. The smallest absolute Gasteiger partial charge is 0.0471 e. The van der Waals surface area contributed by atoms with E-state index in [1.807, 2.05) is 0 Å². The zero-order valence-corrected chi connectivity index (χ0v) is 12.8. The topological polar surface area (TPSA) is 21.3 Å². The summed E-state index contributed by atoms with van der Waals surface area (Å²) in [6.07, 6.45) is 10.9. The molecule has 0 aromatic rings. The van der Waals surface area contributed by atoms with Crippen molar-refractivity contribution in [1.29, 1.82) is 0 Å². The van der Waals surface area contributed by atoms with E-state index in [0.29, 0.717) is 11.5 Å². The van der Waals surface area contributed by atoms with Crippen LogP contribution < -0.4 is 5.32 Å². The van der Waals surface area contributed by atoms with Crippen LogP contribution in [0.15, 0.2) is 0 Å². The highest BCUT2D eigenvalue weighted by atomic mass is 16.5. The average Bonchev–Trinajstić information content (AvgIpc) is 2.38. The Bertz CT molecular complexity index is 197. The van der Waals surface area contributed by atoms with Gasteiger partial charge in [-0.25, -0.2) is 0 Å². The van der Waals surface area contributed by atoms with Crippen LogP contribution in [0.5, 0.6) is 0 Å². The van der Waals surface area contributed by atoms with Gasteiger partial charge in [0.25, 0.3) is 0 Å². The number of unbranched alkanes of at least 4 members (excludes halogenated alkanes) is 4. The fraction of sp³-hybridized carbons (Fsp3) is 1.00. The number of nitrogens with one attached hydrogen (secondary N) is 1. The summed E-state index contributed by atoms with van der Waals surface area (Å²) in [5.41, 5.74) is 0.523. The molecule has 0 spiro atoms. The zero-order valence-electron chi connectivity index (χ0n) is 12.8. The predicted molar refractivity (Wildman–Crippen MR) is 79.0 cm³/mol. The molecule has 1 heterocycles. The van der Waals surface area contributed by atoms with Gasteiger partial charge in [0.05, 0.1) is 0 Å². The van der Waals surface area contributed by atoms with Crippen molar-refractivity contribution in [3.63, 3.8) is 0 Å². The Morgan fingerprint density at radius 1 is 1.06 bits per heavy atom. The van der Waals surface area contributed by atoms with E-state index in [0.717, 1.165) is 13.2 Å². The van der Waals surface area contributed by atoms with Gasteiger partial charge in [0.2, 0.25) is 0 Å². The van der Waals surface area contributed by atoms with Crippen LogP contribution in [0.1, 0.15) is 72.1 Å². The number of ether oxygens (including phenoxy) is 1. The SMILES string of the molecule is CCCCCCCC1(CNC(C)C)CCOCC1. The third kappa shape index (κ3) is 6.19. The molecule has 1 aliphatic heterocycles. The van der Waals surface area contributed by atoms with Gasteiger partial charge in [0, 0.05) is 25.8 Å². The number of hydrogen-bond acceptors (Lipinski definition) is 2. The summed E-state index contributed by atoms with van der Waals surface area (Å²) in [7, 11) is 0. The molecule has 1 saturated heterocycles. The third-order valence-corrected chi connectivity index (χ3v) is 4.25. The minimum absolute atomic E-state index is 0.523. The number of rotatable bonds is 9. The van der Waals surface area contributed by atoms with E-state index in [9.17, 15) is 0 Å². The Morgan fingerprint density at radius 3 is 2.33 bits per heavy atom. The van der Waals surface area contributed by atoms with Crippen LogP contribution in [0.25, 0.3) is 0 Å². The molecule has 0 saturated carbocycles. The Balaban J connectivity index is 2.29. The molecule has 18 heavy (non-hydrogen) atoms. The van der Waals surface area contributed by atoms with Gasteiger partial charge in [-0.05, 0) is 24.7 Å². The largest absolute Gasteiger partial charge is 0.381 e. The molecular weight excluding hydrogens is 222 g/mol. The van der Waals surface area contributed by atoms with Crippen molar-refractivity contribution >= 4 is 0 Å². The third-order valence-electron chi connectivity index (χ3n) is 4.25. The first-order chi connectivity index (χ1) is 8.68. The Hall–Kier alpha value is -0.0800. The van der Waals surface area contributed by atoms with Gasteiger partial charge < -0.3 is 10.1 Å². The van der Waals surface area contributed by atoms with E-state index in [1.54, 1.807) is 0 Å². The maximum atomic E-state index is 5.55. The first-order valence-electron chi connectivity index (χ1n) is 8.00. The fourth-order valence-corrected chi connectivity index (χ4v) is 2.84. The molecule has 1 aliphatic rings. The highest BCUT2D eigenvalue weighted by Gasteiger charge is 2.31. The maximum Gasteiger partial charge on any atom is 0.0471 e. The fourth-order valence-electron chi connectivity index (χ4n) is 2.84. The van der Waals surface area contributed by atoms with Gasteiger partial charge in [0.1, 0.15) is 0 Å². The van der Waals surface area contributed by atoms with Crippen molar-refractivity contribution in [1.82, 2.24) is 5.32 Å².